The highest BCUT2D eigenvalue weighted by Crippen LogP contribution is 2.25. The lowest BCUT2D eigenvalue weighted by Crippen LogP contribution is -2.53. The molecule has 5 nitrogen and oxygen atoms in total. The molecule has 1 fully saturated rings. The summed E-state index contributed by atoms with van der Waals surface area (Å²) in [6.45, 7) is 4.74. The van der Waals surface area contributed by atoms with Crippen LogP contribution in [0.2, 0.25) is 5.02 Å². The van der Waals surface area contributed by atoms with E-state index in [4.69, 9.17) is 11.6 Å². The van der Waals surface area contributed by atoms with Gasteiger partial charge >= 0.3 is 0 Å². The van der Waals surface area contributed by atoms with Gasteiger partial charge in [0, 0.05) is 44.3 Å². The predicted molar refractivity (Wildman–Crippen MR) is 80.3 cm³/mol. The number of pyridine rings is 1. The zero-order chi connectivity index (χ0) is 13.9. The molecule has 1 saturated heterocycles. The molecular weight excluding hydrogens is 274 g/mol. The summed E-state index contributed by atoms with van der Waals surface area (Å²) in [6, 6.07) is 5.87. The van der Waals surface area contributed by atoms with Crippen molar-refractivity contribution in [1.29, 1.82) is 0 Å². The van der Waals surface area contributed by atoms with Crippen molar-refractivity contribution in [3.8, 4) is 0 Å². The number of nitrogens with zero attached hydrogens (tertiary/aromatic N) is 5. The van der Waals surface area contributed by atoms with Gasteiger partial charge in [-0.1, -0.05) is 11.6 Å². The molecule has 0 radical (unpaired) electrons. The van der Waals surface area contributed by atoms with Gasteiger partial charge in [0.05, 0.1) is 5.02 Å². The third-order valence-corrected chi connectivity index (χ3v) is 3.77. The van der Waals surface area contributed by atoms with E-state index in [1.54, 1.807) is 18.6 Å². The largest absolute Gasteiger partial charge is 0.352 e. The van der Waals surface area contributed by atoms with Crippen LogP contribution in [0.4, 0.5) is 11.8 Å². The van der Waals surface area contributed by atoms with Gasteiger partial charge in [0.1, 0.15) is 5.82 Å². The molecule has 0 aliphatic carbocycles. The first-order chi connectivity index (χ1) is 9.75. The number of rotatable bonds is 2. The van der Waals surface area contributed by atoms with Crippen LogP contribution in [-0.4, -0.2) is 40.6 Å². The molecule has 104 valence electrons. The highest BCUT2D eigenvalue weighted by atomic mass is 35.5. The number of piperazine rings is 1. The van der Waals surface area contributed by atoms with Crippen molar-refractivity contribution in [3.05, 3.63) is 41.8 Å². The standard InChI is InChI=1S/C14H16ClN5/c1-11-10-19(13-12(15)4-2-5-16-13)8-9-20(11)14-17-6-3-7-18-14/h2-7,11H,8-10H2,1H3. The zero-order valence-electron chi connectivity index (χ0n) is 11.3. The molecule has 3 heterocycles. The molecule has 0 N–H and O–H groups in total. The topological polar surface area (TPSA) is 45.2 Å². The Bertz CT molecular complexity index is 577. The Morgan fingerprint density at radius 1 is 1.10 bits per heavy atom. The number of hydrogen-bond acceptors (Lipinski definition) is 5. The SMILES string of the molecule is CC1CN(c2ncccc2Cl)CCN1c1ncccn1. The molecule has 1 aliphatic heterocycles. The highest BCUT2D eigenvalue weighted by molar-refractivity contribution is 6.32. The molecule has 6 heteroatoms. The van der Waals surface area contributed by atoms with E-state index in [1.807, 2.05) is 18.2 Å². The van der Waals surface area contributed by atoms with E-state index in [9.17, 15) is 0 Å². The summed E-state index contributed by atoms with van der Waals surface area (Å²) < 4.78 is 0. The first-order valence-electron chi connectivity index (χ1n) is 6.65. The fourth-order valence-corrected chi connectivity index (χ4v) is 2.74. The summed E-state index contributed by atoms with van der Waals surface area (Å²) in [5.74, 6) is 1.64. The average molecular weight is 290 g/mol. The van der Waals surface area contributed by atoms with Crippen molar-refractivity contribution >= 4 is 23.4 Å². The normalized spacial score (nSPS) is 19.2. The van der Waals surface area contributed by atoms with Crippen LogP contribution >= 0.6 is 11.6 Å². The van der Waals surface area contributed by atoms with Crippen molar-refractivity contribution in [2.24, 2.45) is 0 Å². The fraction of sp³-hybridized carbons (Fsp3) is 0.357. The Balaban J connectivity index is 1.76. The lowest BCUT2D eigenvalue weighted by Gasteiger charge is -2.40. The maximum atomic E-state index is 6.22. The molecule has 2 aromatic rings. The molecule has 3 rings (SSSR count). The predicted octanol–water partition coefficient (Wildman–Crippen LogP) is 2.24. The van der Waals surface area contributed by atoms with Gasteiger partial charge < -0.3 is 9.80 Å². The molecule has 0 amide bonds. The van der Waals surface area contributed by atoms with E-state index in [-0.39, 0.29) is 0 Å². The van der Waals surface area contributed by atoms with Crippen molar-refractivity contribution in [2.45, 2.75) is 13.0 Å². The van der Waals surface area contributed by atoms with E-state index in [2.05, 4.69) is 31.7 Å². The monoisotopic (exact) mass is 289 g/mol. The molecule has 1 unspecified atom stereocenters. The molecule has 1 aliphatic rings. The second kappa shape index (κ2) is 5.63. The van der Waals surface area contributed by atoms with Crippen LogP contribution in [0.3, 0.4) is 0 Å². The van der Waals surface area contributed by atoms with Crippen LogP contribution in [0.15, 0.2) is 36.8 Å². The van der Waals surface area contributed by atoms with Crippen molar-refractivity contribution in [2.75, 3.05) is 29.4 Å². The number of halogens is 1. The highest BCUT2D eigenvalue weighted by Gasteiger charge is 2.26. The first-order valence-corrected chi connectivity index (χ1v) is 7.02. The maximum absolute atomic E-state index is 6.22. The average Bonchev–Trinajstić information content (AvgIpc) is 2.48. The third kappa shape index (κ3) is 2.54. The molecule has 0 spiro atoms. The smallest absolute Gasteiger partial charge is 0.225 e. The van der Waals surface area contributed by atoms with Crippen LogP contribution < -0.4 is 9.80 Å². The van der Waals surface area contributed by atoms with E-state index < -0.39 is 0 Å². The molecule has 0 bridgehead atoms. The van der Waals surface area contributed by atoms with E-state index >= 15 is 0 Å². The van der Waals surface area contributed by atoms with Crippen LogP contribution in [0, 0.1) is 0 Å². The van der Waals surface area contributed by atoms with E-state index in [0.717, 1.165) is 31.4 Å². The Morgan fingerprint density at radius 3 is 2.55 bits per heavy atom. The van der Waals surface area contributed by atoms with Gasteiger partial charge in [0.2, 0.25) is 5.95 Å². The minimum absolute atomic E-state index is 0.309. The molecule has 20 heavy (non-hydrogen) atoms. The molecule has 1 atom stereocenters. The van der Waals surface area contributed by atoms with Crippen LogP contribution in [0.1, 0.15) is 6.92 Å². The fourth-order valence-electron chi connectivity index (χ4n) is 2.50. The Hall–Kier alpha value is -1.88. The Labute approximate surface area is 123 Å². The minimum atomic E-state index is 0.309. The van der Waals surface area contributed by atoms with Gasteiger partial charge in [0.25, 0.3) is 0 Å². The lowest BCUT2D eigenvalue weighted by molar-refractivity contribution is 0.537. The summed E-state index contributed by atoms with van der Waals surface area (Å²) in [6.07, 6.45) is 5.33. The molecular formula is C14H16ClN5. The third-order valence-electron chi connectivity index (χ3n) is 3.48. The van der Waals surface area contributed by atoms with Gasteiger partial charge in [-0.3, -0.25) is 0 Å². The van der Waals surface area contributed by atoms with Gasteiger partial charge in [-0.2, -0.15) is 0 Å². The summed E-state index contributed by atoms with van der Waals surface area (Å²) in [7, 11) is 0. The minimum Gasteiger partial charge on any atom is -0.352 e. The number of hydrogen-bond donors (Lipinski definition) is 0. The summed E-state index contributed by atoms with van der Waals surface area (Å²) in [4.78, 5) is 17.5. The molecule has 0 aromatic carbocycles. The summed E-state index contributed by atoms with van der Waals surface area (Å²) in [5.41, 5.74) is 0. The van der Waals surface area contributed by atoms with Gasteiger partial charge in [-0.05, 0) is 25.1 Å². The van der Waals surface area contributed by atoms with Crippen molar-refractivity contribution in [3.63, 3.8) is 0 Å². The maximum Gasteiger partial charge on any atom is 0.225 e. The van der Waals surface area contributed by atoms with Crippen LogP contribution in [0.25, 0.3) is 0 Å². The summed E-state index contributed by atoms with van der Waals surface area (Å²) in [5, 5.41) is 0.698. The number of anilines is 2. The van der Waals surface area contributed by atoms with Gasteiger partial charge in [-0.15, -0.1) is 0 Å². The van der Waals surface area contributed by atoms with Gasteiger partial charge in [0.15, 0.2) is 0 Å². The van der Waals surface area contributed by atoms with Gasteiger partial charge in [-0.25, -0.2) is 15.0 Å². The van der Waals surface area contributed by atoms with E-state index in [0.29, 0.717) is 11.1 Å². The van der Waals surface area contributed by atoms with Crippen LogP contribution in [-0.2, 0) is 0 Å². The zero-order valence-corrected chi connectivity index (χ0v) is 12.0. The second-order valence-electron chi connectivity index (χ2n) is 4.85. The van der Waals surface area contributed by atoms with Crippen molar-refractivity contribution < 1.29 is 0 Å². The van der Waals surface area contributed by atoms with Crippen LogP contribution in [0.5, 0.6) is 0 Å². The Kier molecular flexibility index (Phi) is 3.69. The van der Waals surface area contributed by atoms with Crippen molar-refractivity contribution in [1.82, 2.24) is 15.0 Å². The van der Waals surface area contributed by atoms with E-state index in [1.165, 1.54) is 0 Å². The number of aromatic nitrogens is 3. The molecule has 0 saturated carbocycles. The molecule has 2 aromatic heterocycles. The summed E-state index contributed by atoms with van der Waals surface area (Å²) >= 11 is 6.22. The second-order valence-corrected chi connectivity index (χ2v) is 5.25. The quantitative estimate of drug-likeness (QED) is 0.848. The lowest BCUT2D eigenvalue weighted by atomic mass is 10.2. The first kappa shape index (κ1) is 13.1. The Morgan fingerprint density at radius 2 is 1.85 bits per heavy atom.